The Morgan fingerprint density at radius 1 is 1.20 bits per heavy atom. The number of hydrogen-bond acceptors (Lipinski definition) is 4. The molecule has 4 N–H and O–H groups in total. The minimum Gasteiger partial charge on any atom is -0.481 e. The molecule has 0 aliphatic rings. The Morgan fingerprint density at radius 2 is 1.60 bits per heavy atom. The van der Waals surface area contributed by atoms with Gasteiger partial charge in [0, 0.05) is 13.0 Å². The van der Waals surface area contributed by atoms with Crippen molar-refractivity contribution in [2.24, 2.45) is 0 Å². The molecule has 90 valence electrons. The van der Waals surface area contributed by atoms with E-state index in [0.29, 0.717) is 0 Å². The Bertz CT molecular complexity index is 199. The SMILES string of the molecule is CC(O)(CCO)CC(=O)O.CCC(=O)O. The van der Waals surface area contributed by atoms with Gasteiger partial charge in [-0.1, -0.05) is 6.92 Å². The Hall–Kier alpha value is -1.14. The van der Waals surface area contributed by atoms with Crippen molar-refractivity contribution in [3.05, 3.63) is 0 Å². The monoisotopic (exact) mass is 222 g/mol. The van der Waals surface area contributed by atoms with Crippen molar-refractivity contribution in [2.45, 2.75) is 38.7 Å². The van der Waals surface area contributed by atoms with Gasteiger partial charge in [0.25, 0.3) is 0 Å². The second-order valence-electron chi connectivity index (χ2n) is 3.29. The topological polar surface area (TPSA) is 115 Å². The van der Waals surface area contributed by atoms with E-state index in [4.69, 9.17) is 20.4 Å². The largest absolute Gasteiger partial charge is 0.481 e. The first-order valence-corrected chi connectivity index (χ1v) is 4.52. The average Bonchev–Trinajstić information content (AvgIpc) is 2.02. The van der Waals surface area contributed by atoms with Gasteiger partial charge in [0.05, 0.1) is 12.0 Å². The summed E-state index contributed by atoms with van der Waals surface area (Å²) in [6.45, 7) is 2.79. The fraction of sp³-hybridized carbons (Fsp3) is 0.778. The second kappa shape index (κ2) is 8.19. The first-order chi connectivity index (χ1) is 6.75. The van der Waals surface area contributed by atoms with Crippen molar-refractivity contribution in [2.75, 3.05) is 6.61 Å². The van der Waals surface area contributed by atoms with Gasteiger partial charge in [-0.05, 0) is 13.3 Å². The van der Waals surface area contributed by atoms with Gasteiger partial charge in [0.15, 0.2) is 0 Å². The van der Waals surface area contributed by atoms with Crippen LogP contribution in [0.25, 0.3) is 0 Å². The van der Waals surface area contributed by atoms with E-state index in [9.17, 15) is 9.59 Å². The van der Waals surface area contributed by atoms with Crippen molar-refractivity contribution in [3.8, 4) is 0 Å². The normalized spacial score (nSPS) is 13.3. The Labute approximate surface area is 88.2 Å². The third kappa shape index (κ3) is 15.6. The van der Waals surface area contributed by atoms with Crippen LogP contribution in [0.3, 0.4) is 0 Å². The number of aliphatic carboxylic acids is 2. The average molecular weight is 222 g/mol. The number of carboxylic acids is 2. The predicted molar refractivity (Wildman–Crippen MR) is 52.5 cm³/mol. The van der Waals surface area contributed by atoms with Crippen LogP contribution in [-0.2, 0) is 9.59 Å². The fourth-order valence-electron chi connectivity index (χ4n) is 0.655. The lowest BCUT2D eigenvalue weighted by Crippen LogP contribution is -2.28. The van der Waals surface area contributed by atoms with E-state index < -0.39 is 17.5 Å². The number of carboxylic acid groups (broad SMARTS) is 2. The molecule has 15 heavy (non-hydrogen) atoms. The summed E-state index contributed by atoms with van der Waals surface area (Å²) in [5, 5.41) is 33.5. The summed E-state index contributed by atoms with van der Waals surface area (Å²) in [7, 11) is 0. The standard InChI is InChI=1S/C6H12O4.C3H6O2/c1-6(10,2-3-7)4-5(8)9;1-2-3(4)5/h7,10H,2-4H2,1H3,(H,8,9);2H2,1H3,(H,4,5). The first-order valence-electron chi connectivity index (χ1n) is 4.52. The molecule has 0 rings (SSSR count). The smallest absolute Gasteiger partial charge is 0.306 e. The molecule has 0 bridgehead atoms. The zero-order chi connectivity index (χ0) is 12.5. The van der Waals surface area contributed by atoms with E-state index >= 15 is 0 Å². The zero-order valence-corrected chi connectivity index (χ0v) is 8.93. The lowest BCUT2D eigenvalue weighted by Gasteiger charge is -2.18. The highest BCUT2D eigenvalue weighted by Gasteiger charge is 2.22. The highest BCUT2D eigenvalue weighted by atomic mass is 16.4. The quantitative estimate of drug-likeness (QED) is 0.523. The van der Waals surface area contributed by atoms with Gasteiger partial charge >= 0.3 is 11.9 Å². The number of hydrogen-bond donors (Lipinski definition) is 4. The fourth-order valence-corrected chi connectivity index (χ4v) is 0.655. The number of rotatable bonds is 5. The van der Waals surface area contributed by atoms with E-state index in [1.165, 1.54) is 6.92 Å². The van der Waals surface area contributed by atoms with Crippen LogP contribution in [0, 0.1) is 0 Å². The molecule has 0 aromatic rings. The number of aliphatic hydroxyl groups is 2. The summed E-state index contributed by atoms with van der Waals surface area (Å²) in [5.74, 6) is -1.80. The maximum Gasteiger partial charge on any atom is 0.306 e. The Balaban J connectivity index is 0. The van der Waals surface area contributed by atoms with E-state index in [-0.39, 0.29) is 25.9 Å². The number of carbonyl (C=O) groups is 2. The van der Waals surface area contributed by atoms with E-state index in [2.05, 4.69) is 0 Å². The highest BCUT2D eigenvalue weighted by molar-refractivity contribution is 5.68. The van der Waals surface area contributed by atoms with Crippen LogP contribution in [0.1, 0.15) is 33.1 Å². The van der Waals surface area contributed by atoms with E-state index in [1.807, 2.05) is 0 Å². The number of aliphatic hydroxyl groups excluding tert-OH is 1. The molecular weight excluding hydrogens is 204 g/mol. The summed E-state index contributed by atoms with van der Waals surface area (Å²) in [6, 6.07) is 0. The predicted octanol–water partition coefficient (Wildman–Crippen LogP) is 0.0755. The van der Waals surface area contributed by atoms with Gasteiger partial charge in [-0.15, -0.1) is 0 Å². The minimum absolute atomic E-state index is 0.0965. The second-order valence-corrected chi connectivity index (χ2v) is 3.29. The van der Waals surface area contributed by atoms with Crippen LogP contribution in [-0.4, -0.2) is 44.6 Å². The van der Waals surface area contributed by atoms with Crippen molar-refractivity contribution in [1.82, 2.24) is 0 Å². The molecule has 0 aliphatic carbocycles. The summed E-state index contributed by atoms with van der Waals surface area (Å²) >= 11 is 0. The molecule has 1 atom stereocenters. The summed E-state index contributed by atoms with van der Waals surface area (Å²) in [4.78, 5) is 19.4. The maximum absolute atomic E-state index is 10.0. The minimum atomic E-state index is -1.28. The van der Waals surface area contributed by atoms with Gasteiger partial charge in [-0.2, -0.15) is 0 Å². The van der Waals surface area contributed by atoms with Crippen LogP contribution >= 0.6 is 0 Å². The lowest BCUT2D eigenvalue weighted by atomic mass is 9.99. The van der Waals surface area contributed by atoms with Crippen LogP contribution in [0.2, 0.25) is 0 Å². The zero-order valence-electron chi connectivity index (χ0n) is 8.93. The molecule has 0 radical (unpaired) electrons. The van der Waals surface area contributed by atoms with Gasteiger partial charge < -0.3 is 20.4 Å². The molecular formula is C9H18O6. The van der Waals surface area contributed by atoms with Gasteiger partial charge in [-0.3, -0.25) is 9.59 Å². The van der Waals surface area contributed by atoms with E-state index in [1.54, 1.807) is 6.92 Å². The van der Waals surface area contributed by atoms with Gasteiger partial charge in [-0.25, -0.2) is 0 Å². The molecule has 0 spiro atoms. The third-order valence-electron chi connectivity index (χ3n) is 1.48. The molecule has 0 aromatic carbocycles. The molecule has 0 aliphatic heterocycles. The van der Waals surface area contributed by atoms with Crippen molar-refractivity contribution >= 4 is 11.9 Å². The van der Waals surface area contributed by atoms with Crippen LogP contribution in [0.5, 0.6) is 0 Å². The summed E-state index contributed by atoms with van der Waals surface area (Å²) in [5.41, 5.74) is -1.28. The summed E-state index contributed by atoms with van der Waals surface area (Å²) in [6.07, 6.45) is -0.00708. The molecule has 0 amide bonds. The van der Waals surface area contributed by atoms with Gasteiger partial charge in [0.1, 0.15) is 0 Å². The van der Waals surface area contributed by atoms with Gasteiger partial charge in [0.2, 0.25) is 0 Å². The molecule has 0 fully saturated rings. The van der Waals surface area contributed by atoms with Crippen molar-refractivity contribution in [3.63, 3.8) is 0 Å². The lowest BCUT2D eigenvalue weighted by molar-refractivity contribution is -0.142. The van der Waals surface area contributed by atoms with Crippen LogP contribution in [0.15, 0.2) is 0 Å². The maximum atomic E-state index is 10.0. The molecule has 0 saturated carbocycles. The molecule has 0 aromatic heterocycles. The van der Waals surface area contributed by atoms with Crippen LogP contribution < -0.4 is 0 Å². The summed E-state index contributed by atoms with van der Waals surface area (Å²) < 4.78 is 0. The van der Waals surface area contributed by atoms with E-state index in [0.717, 1.165) is 0 Å². The Morgan fingerprint density at radius 3 is 1.80 bits per heavy atom. The molecule has 0 heterocycles. The third-order valence-corrected chi connectivity index (χ3v) is 1.48. The molecule has 6 nitrogen and oxygen atoms in total. The molecule has 0 saturated heterocycles. The van der Waals surface area contributed by atoms with Crippen molar-refractivity contribution in [1.29, 1.82) is 0 Å². The molecule has 1 unspecified atom stereocenters. The molecule has 6 heteroatoms. The Kier molecular flexibility index (Phi) is 8.90. The highest BCUT2D eigenvalue weighted by Crippen LogP contribution is 2.12. The van der Waals surface area contributed by atoms with Crippen molar-refractivity contribution < 1.29 is 30.0 Å². The first kappa shape index (κ1) is 16.3. The van der Waals surface area contributed by atoms with Crippen LogP contribution in [0.4, 0.5) is 0 Å².